The molecule has 0 aliphatic carbocycles. The van der Waals surface area contributed by atoms with E-state index in [1.165, 1.54) is 6.07 Å². The number of nitrogens with one attached hydrogen (secondary N) is 1. The minimum absolute atomic E-state index is 0.00506. The maximum Gasteiger partial charge on any atom is 0.215 e. The smallest absolute Gasteiger partial charge is 0.215 e. The zero-order valence-electron chi connectivity index (χ0n) is 14.6. The number of piperazine rings is 1. The molecule has 7 heteroatoms. The number of halogens is 1. The monoisotopic (exact) mass is 377 g/mol. The second kappa shape index (κ2) is 8.62. The van der Waals surface area contributed by atoms with E-state index in [-0.39, 0.29) is 11.6 Å². The Kier molecular flexibility index (Phi) is 6.24. The van der Waals surface area contributed by atoms with Crippen molar-refractivity contribution in [3.63, 3.8) is 0 Å². The predicted octanol–water partition coefficient (Wildman–Crippen LogP) is 2.07. The lowest BCUT2D eigenvalue weighted by molar-refractivity contribution is 0.261. The number of anilines is 1. The molecule has 0 unspecified atom stereocenters. The molecule has 0 atom stereocenters. The summed E-state index contributed by atoms with van der Waals surface area (Å²) in [4.78, 5) is 4.23. The second-order valence-electron chi connectivity index (χ2n) is 6.42. The van der Waals surface area contributed by atoms with Crippen molar-refractivity contribution in [2.75, 3.05) is 44.2 Å². The molecule has 0 bridgehead atoms. The molecule has 0 aromatic heterocycles. The van der Waals surface area contributed by atoms with Crippen LogP contribution in [0.4, 0.5) is 10.1 Å². The van der Waals surface area contributed by atoms with Crippen LogP contribution in [-0.4, -0.2) is 52.6 Å². The van der Waals surface area contributed by atoms with E-state index in [2.05, 4.69) is 9.62 Å². The van der Waals surface area contributed by atoms with Gasteiger partial charge >= 0.3 is 0 Å². The number of sulfonamides is 1. The Bertz CT molecular complexity index is 807. The molecule has 1 aliphatic rings. The molecule has 2 aromatic carbocycles. The van der Waals surface area contributed by atoms with Crippen molar-refractivity contribution in [2.45, 2.75) is 5.75 Å². The summed E-state index contributed by atoms with van der Waals surface area (Å²) in [6.45, 7) is 4.08. The SMILES string of the molecule is O=S(=O)(Cc1ccccc1)NCCN1CCN(c2ccccc2F)CC1. The van der Waals surface area contributed by atoms with Gasteiger partial charge in [-0.25, -0.2) is 17.5 Å². The average molecular weight is 377 g/mol. The van der Waals surface area contributed by atoms with Crippen LogP contribution in [0.25, 0.3) is 0 Å². The maximum absolute atomic E-state index is 13.9. The van der Waals surface area contributed by atoms with Crippen LogP contribution in [-0.2, 0) is 15.8 Å². The molecule has 2 aromatic rings. The van der Waals surface area contributed by atoms with Crippen molar-refractivity contribution in [3.8, 4) is 0 Å². The molecule has 0 spiro atoms. The summed E-state index contributed by atoms with van der Waals surface area (Å²) in [5.41, 5.74) is 1.41. The van der Waals surface area contributed by atoms with Gasteiger partial charge in [0, 0.05) is 39.3 Å². The molecule has 0 amide bonds. The molecule has 140 valence electrons. The van der Waals surface area contributed by atoms with Gasteiger partial charge in [-0.15, -0.1) is 0 Å². The third kappa shape index (κ3) is 5.27. The molecular weight excluding hydrogens is 353 g/mol. The highest BCUT2D eigenvalue weighted by atomic mass is 32.2. The van der Waals surface area contributed by atoms with E-state index < -0.39 is 10.0 Å². The van der Waals surface area contributed by atoms with Crippen LogP contribution >= 0.6 is 0 Å². The zero-order chi connectivity index (χ0) is 18.4. The molecule has 0 saturated carbocycles. The Labute approximate surface area is 154 Å². The fourth-order valence-corrected chi connectivity index (χ4v) is 4.26. The highest BCUT2D eigenvalue weighted by Crippen LogP contribution is 2.19. The van der Waals surface area contributed by atoms with Crippen LogP contribution in [0.2, 0.25) is 0 Å². The maximum atomic E-state index is 13.9. The van der Waals surface area contributed by atoms with Gasteiger partial charge in [-0.2, -0.15) is 0 Å². The quantitative estimate of drug-likeness (QED) is 0.803. The highest BCUT2D eigenvalue weighted by molar-refractivity contribution is 7.88. The number of rotatable bonds is 7. The van der Waals surface area contributed by atoms with Crippen molar-refractivity contribution in [1.82, 2.24) is 9.62 Å². The van der Waals surface area contributed by atoms with Gasteiger partial charge in [0.05, 0.1) is 11.4 Å². The summed E-state index contributed by atoms with van der Waals surface area (Å²) < 4.78 is 40.8. The summed E-state index contributed by atoms with van der Waals surface area (Å²) in [6, 6.07) is 15.9. The Morgan fingerprint density at radius 1 is 0.923 bits per heavy atom. The number of para-hydroxylation sites is 1. The minimum Gasteiger partial charge on any atom is -0.367 e. The fraction of sp³-hybridized carbons (Fsp3) is 0.368. The standard InChI is InChI=1S/C19H24FN3O2S/c20-18-8-4-5-9-19(18)23-14-12-22(13-15-23)11-10-21-26(24,25)16-17-6-2-1-3-7-17/h1-9,21H,10-16H2. The van der Waals surface area contributed by atoms with Crippen LogP contribution in [0, 0.1) is 5.82 Å². The van der Waals surface area contributed by atoms with Crippen molar-refractivity contribution in [2.24, 2.45) is 0 Å². The first kappa shape index (κ1) is 18.8. The summed E-state index contributed by atoms with van der Waals surface area (Å²) in [5.74, 6) is -0.204. The van der Waals surface area contributed by atoms with E-state index in [9.17, 15) is 12.8 Å². The van der Waals surface area contributed by atoms with E-state index in [0.29, 0.717) is 18.8 Å². The van der Waals surface area contributed by atoms with Crippen molar-refractivity contribution in [1.29, 1.82) is 0 Å². The number of nitrogens with zero attached hydrogens (tertiary/aromatic N) is 2. The van der Waals surface area contributed by atoms with Gasteiger partial charge in [0.15, 0.2) is 0 Å². The first-order valence-electron chi connectivity index (χ1n) is 8.77. The van der Waals surface area contributed by atoms with E-state index in [1.807, 2.05) is 29.2 Å². The summed E-state index contributed by atoms with van der Waals surface area (Å²) in [6.07, 6.45) is 0. The van der Waals surface area contributed by atoms with Crippen molar-refractivity contribution < 1.29 is 12.8 Å². The Balaban J connectivity index is 1.42. The first-order valence-corrected chi connectivity index (χ1v) is 10.4. The second-order valence-corrected chi connectivity index (χ2v) is 8.23. The van der Waals surface area contributed by atoms with Crippen LogP contribution in [0.15, 0.2) is 54.6 Å². The number of benzene rings is 2. The predicted molar refractivity (Wildman–Crippen MR) is 102 cm³/mol. The highest BCUT2D eigenvalue weighted by Gasteiger charge is 2.19. The number of hydrogen-bond acceptors (Lipinski definition) is 4. The summed E-state index contributed by atoms with van der Waals surface area (Å²) in [7, 11) is -3.33. The molecule has 0 radical (unpaired) electrons. The zero-order valence-corrected chi connectivity index (χ0v) is 15.5. The Morgan fingerprint density at radius 3 is 2.27 bits per heavy atom. The average Bonchev–Trinajstić information content (AvgIpc) is 2.63. The van der Waals surface area contributed by atoms with Crippen LogP contribution in [0.1, 0.15) is 5.56 Å². The lowest BCUT2D eigenvalue weighted by atomic mass is 10.2. The van der Waals surface area contributed by atoms with Gasteiger partial charge < -0.3 is 4.90 Å². The summed E-state index contributed by atoms with van der Waals surface area (Å²) >= 11 is 0. The van der Waals surface area contributed by atoms with Gasteiger partial charge in [0.1, 0.15) is 5.82 Å². The Hall–Kier alpha value is -1.96. The summed E-state index contributed by atoms with van der Waals surface area (Å²) in [5, 5.41) is 0. The largest absolute Gasteiger partial charge is 0.367 e. The molecule has 26 heavy (non-hydrogen) atoms. The van der Waals surface area contributed by atoms with E-state index in [4.69, 9.17) is 0 Å². The van der Waals surface area contributed by atoms with Gasteiger partial charge in [-0.3, -0.25) is 4.90 Å². The third-order valence-corrected chi connectivity index (χ3v) is 5.87. The van der Waals surface area contributed by atoms with Crippen molar-refractivity contribution in [3.05, 3.63) is 66.0 Å². The molecule has 1 saturated heterocycles. The van der Waals surface area contributed by atoms with Gasteiger partial charge in [0.2, 0.25) is 10.0 Å². The van der Waals surface area contributed by atoms with Crippen LogP contribution < -0.4 is 9.62 Å². The molecule has 1 N–H and O–H groups in total. The normalized spacial score (nSPS) is 16.0. The topological polar surface area (TPSA) is 52.7 Å². The molecular formula is C19H24FN3O2S. The number of hydrogen-bond donors (Lipinski definition) is 1. The third-order valence-electron chi connectivity index (χ3n) is 4.51. The van der Waals surface area contributed by atoms with Gasteiger partial charge in [-0.1, -0.05) is 42.5 Å². The molecule has 3 rings (SSSR count). The van der Waals surface area contributed by atoms with Crippen LogP contribution in [0.3, 0.4) is 0 Å². The molecule has 1 fully saturated rings. The minimum atomic E-state index is -3.33. The molecule has 5 nitrogen and oxygen atoms in total. The first-order chi connectivity index (χ1) is 12.5. The lowest BCUT2D eigenvalue weighted by Crippen LogP contribution is -2.48. The van der Waals surface area contributed by atoms with Gasteiger partial charge in [-0.05, 0) is 17.7 Å². The fourth-order valence-electron chi connectivity index (χ4n) is 3.12. The van der Waals surface area contributed by atoms with Crippen LogP contribution in [0.5, 0.6) is 0 Å². The van der Waals surface area contributed by atoms with E-state index in [1.54, 1.807) is 24.3 Å². The van der Waals surface area contributed by atoms with Crippen molar-refractivity contribution >= 4 is 15.7 Å². The molecule has 1 heterocycles. The molecule has 1 aliphatic heterocycles. The van der Waals surface area contributed by atoms with E-state index in [0.717, 1.165) is 31.7 Å². The van der Waals surface area contributed by atoms with Gasteiger partial charge in [0.25, 0.3) is 0 Å². The lowest BCUT2D eigenvalue weighted by Gasteiger charge is -2.36. The Morgan fingerprint density at radius 2 is 1.58 bits per heavy atom. The van der Waals surface area contributed by atoms with E-state index >= 15 is 0 Å².